The van der Waals surface area contributed by atoms with E-state index in [9.17, 15) is 0 Å². The van der Waals surface area contributed by atoms with E-state index in [4.69, 9.17) is 16.9 Å². The average Bonchev–Trinajstić information content (AvgIpc) is 2.35. The molecular weight excluding hydrogens is 244 g/mol. The van der Waals surface area contributed by atoms with Crippen molar-refractivity contribution < 1.29 is 0 Å². The summed E-state index contributed by atoms with van der Waals surface area (Å²) in [6, 6.07) is 10.4. The van der Waals surface area contributed by atoms with Crippen LogP contribution in [0.2, 0.25) is 5.02 Å². The summed E-state index contributed by atoms with van der Waals surface area (Å²) in [6.45, 7) is 6.96. The molecule has 2 nitrogen and oxygen atoms in total. The lowest BCUT2D eigenvalue weighted by Crippen LogP contribution is -2.21. The highest BCUT2D eigenvalue weighted by Crippen LogP contribution is 2.23. The first kappa shape index (κ1) is 15.0. The Hall–Kier alpha value is -1.04. The normalized spacial score (nSPS) is 13.1. The first-order valence-corrected chi connectivity index (χ1v) is 6.73. The molecule has 0 aliphatic rings. The number of hydrogen-bond donors (Lipinski definition) is 1. The molecule has 1 unspecified atom stereocenters. The van der Waals surface area contributed by atoms with Crippen molar-refractivity contribution in [3.63, 3.8) is 0 Å². The number of benzene rings is 1. The van der Waals surface area contributed by atoms with Crippen LogP contribution in [0.15, 0.2) is 24.3 Å². The van der Waals surface area contributed by atoms with Gasteiger partial charge in [0, 0.05) is 11.1 Å². The molecule has 1 aromatic rings. The second-order valence-corrected chi connectivity index (χ2v) is 5.70. The summed E-state index contributed by atoms with van der Waals surface area (Å²) in [7, 11) is 0. The largest absolute Gasteiger partial charge is 0.310 e. The molecule has 1 atom stereocenters. The molecule has 0 radical (unpaired) electrons. The molecule has 0 amide bonds. The zero-order chi connectivity index (χ0) is 13.6. The van der Waals surface area contributed by atoms with Crippen molar-refractivity contribution in [2.75, 3.05) is 6.54 Å². The maximum atomic E-state index is 8.93. The van der Waals surface area contributed by atoms with Gasteiger partial charge in [0.25, 0.3) is 0 Å². The Morgan fingerprint density at radius 1 is 1.39 bits per heavy atom. The monoisotopic (exact) mass is 264 g/mol. The summed E-state index contributed by atoms with van der Waals surface area (Å²) in [5.74, 6) is 0. The molecule has 3 heteroatoms. The molecule has 18 heavy (non-hydrogen) atoms. The number of hydrogen-bond acceptors (Lipinski definition) is 2. The molecule has 0 heterocycles. The molecule has 0 aliphatic carbocycles. The Labute approximate surface area is 115 Å². The maximum Gasteiger partial charge on any atom is 0.0683 e. The van der Waals surface area contributed by atoms with Crippen molar-refractivity contribution in [1.29, 1.82) is 5.26 Å². The van der Waals surface area contributed by atoms with E-state index in [0.29, 0.717) is 0 Å². The number of nitrogens with zero attached hydrogens (tertiary/aromatic N) is 1. The zero-order valence-electron chi connectivity index (χ0n) is 11.3. The lowest BCUT2D eigenvalue weighted by atomic mass is 9.90. The van der Waals surface area contributed by atoms with Gasteiger partial charge in [0.15, 0.2) is 0 Å². The summed E-state index contributed by atoms with van der Waals surface area (Å²) in [6.07, 6.45) is 1.90. The molecule has 0 saturated heterocycles. The minimum absolute atomic E-state index is 0.227. The molecule has 0 aromatic heterocycles. The Kier molecular flexibility index (Phi) is 5.65. The van der Waals surface area contributed by atoms with Crippen LogP contribution in [0.5, 0.6) is 0 Å². The van der Waals surface area contributed by atoms with Crippen LogP contribution in [-0.4, -0.2) is 6.54 Å². The van der Waals surface area contributed by atoms with Gasteiger partial charge in [0.05, 0.1) is 11.5 Å². The van der Waals surface area contributed by atoms with E-state index in [-0.39, 0.29) is 11.5 Å². The van der Waals surface area contributed by atoms with E-state index >= 15 is 0 Å². The van der Waals surface area contributed by atoms with Crippen molar-refractivity contribution in [3.05, 3.63) is 34.9 Å². The highest BCUT2D eigenvalue weighted by atomic mass is 35.5. The van der Waals surface area contributed by atoms with Crippen LogP contribution in [0.3, 0.4) is 0 Å². The minimum atomic E-state index is -0.227. The fourth-order valence-corrected chi connectivity index (χ4v) is 2.14. The van der Waals surface area contributed by atoms with Crippen LogP contribution in [0.25, 0.3) is 0 Å². The second-order valence-electron chi connectivity index (χ2n) is 5.30. The lowest BCUT2D eigenvalue weighted by molar-refractivity contribution is 0.417. The third-order valence-corrected chi connectivity index (χ3v) is 3.45. The van der Waals surface area contributed by atoms with Crippen molar-refractivity contribution in [2.24, 2.45) is 5.41 Å². The fraction of sp³-hybridized carbons (Fsp3) is 0.533. The highest BCUT2D eigenvalue weighted by Gasteiger charge is 2.16. The molecule has 0 spiro atoms. The summed E-state index contributed by atoms with van der Waals surface area (Å²) in [5.41, 5.74) is 0.897. The quantitative estimate of drug-likeness (QED) is 0.777. The van der Waals surface area contributed by atoms with Gasteiger partial charge < -0.3 is 5.32 Å². The minimum Gasteiger partial charge on any atom is -0.310 e. The van der Waals surface area contributed by atoms with Crippen LogP contribution in [-0.2, 0) is 0 Å². The Morgan fingerprint density at radius 2 is 2.06 bits per heavy atom. The lowest BCUT2D eigenvalue weighted by Gasteiger charge is -2.18. The Morgan fingerprint density at radius 3 is 2.67 bits per heavy atom. The first-order chi connectivity index (χ1) is 8.46. The predicted octanol–water partition coefficient (Wildman–Crippen LogP) is 4.32. The Bertz CT molecular complexity index is 421. The smallest absolute Gasteiger partial charge is 0.0683 e. The van der Waals surface area contributed by atoms with Crippen molar-refractivity contribution >= 4 is 11.6 Å². The number of nitrogens with one attached hydrogen (secondary N) is 1. The average molecular weight is 265 g/mol. The molecular formula is C15H21ClN2. The van der Waals surface area contributed by atoms with Crippen LogP contribution in [0.1, 0.15) is 45.2 Å². The van der Waals surface area contributed by atoms with E-state index < -0.39 is 0 Å². The van der Waals surface area contributed by atoms with Gasteiger partial charge in [0.1, 0.15) is 0 Å². The molecule has 1 N–H and O–H groups in total. The number of nitriles is 1. The molecule has 1 aromatic carbocycles. The van der Waals surface area contributed by atoms with E-state index in [1.54, 1.807) is 0 Å². The number of rotatable bonds is 6. The molecule has 0 aliphatic heterocycles. The third kappa shape index (κ3) is 4.68. The topological polar surface area (TPSA) is 35.8 Å². The zero-order valence-corrected chi connectivity index (χ0v) is 12.1. The third-order valence-electron chi connectivity index (χ3n) is 3.10. The SMILES string of the molecule is CC(NCCCC(C)(C)C#N)c1ccccc1Cl. The van der Waals surface area contributed by atoms with Gasteiger partial charge in [0.2, 0.25) is 0 Å². The van der Waals surface area contributed by atoms with Gasteiger partial charge in [-0.25, -0.2) is 0 Å². The van der Waals surface area contributed by atoms with Crippen LogP contribution < -0.4 is 5.32 Å². The van der Waals surface area contributed by atoms with Gasteiger partial charge in [-0.15, -0.1) is 0 Å². The van der Waals surface area contributed by atoms with Gasteiger partial charge in [-0.05, 0) is 51.8 Å². The van der Waals surface area contributed by atoms with Gasteiger partial charge in [-0.2, -0.15) is 5.26 Å². The van der Waals surface area contributed by atoms with Crippen LogP contribution in [0.4, 0.5) is 0 Å². The summed E-state index contributed by atoms with van der Waals surface area (Å²) >= 11 is 6.14. The van der Waals surface area contributed by atoms with Crippen molar-refractivity contribution in [3.8, 4) is 6.07 Å². The van der Waals surface area contributed by atoms with E-state index in [0.717, 1.165) is 30.0 Å². The summed E-state index contributed by atoms with van der Waals surface area (Å²) in [4.78, 5) is 0. The van der Waals surface area contributed by atoms with Gasteiger partial charge in [-0.1, -0.05) is 29.8 Å². The standard InChI is InChI=1S/C15H21ClN2/c1-12(13-7-4-5-8-14(13)16)18-10-6-9-15(2,3)11-17/h4-5,7-8,12,18H,6,9-10H2,1-3H3. The summed E-state index contributed by atoms with van der Waals surface area (Å²) in [5, 5.41) is 13.2. The Balaban J connectivity index is 2.37. The molecule has 0 fully saturated rings. The molecule has 1 rings (SSSR count). The summed E-state index contributed by atoms with van der Waals surface area (Å²) < 4.78 is 0. The first-order valence-electron chi connectivity index (χ1n) is 6.35. The molecule has 98 valence electrons. The molecule has 0 saturated carbocycles. The van der Waals surface area contributed by atoms with Crippen LogP contribution >= 0.6 is 11.6 Å². The van der Waals surface area contributed by atoms with Gasteiger partial charge >= 0.3 is 0 Å². The highest BCUT2D eigenvalue weighted by molar-refractivity contribution is 6.31. The van der Waals surface area contributed by atoms with Crippen LogP contribution in [0, 0.1) is 16.7 Å². The van der Waals surface area contributed by atoms with E-state index in [2.05, 4.69) is 18.3 Å². The predicted molar refractivity (Wildman–Crippen MR) is 76.5 cm³/mol. The van der Waals surface area contributed by atoms with E-state index in [1.165, 1.54) is 0 Å². The molecule has 0 bridgehead atoms. The van der Waals surface area contributed by atoms with Crippen molar-refractivity contribution in [1.82, 2.24) is 5.32 Å². The number of halogens is 1. The second kappa shape index (κ2) is 6.78. The fourth-order valence-electron chi connectivity index (χ4n) is 1.84. The van der Waals surface area contributed by atoms with Crippen molar-refractivity contribution in [2.45, 2.75) is 39.7 Å². The van der Waals surface area contributed by atoms with E-state index in [1.807, 2.05) is 38.1 Å². The van der Waals surface area contributed by atoms with Gasteiger partial charge in [-0.3, -0.25) is 0 Å². The maximum absolute atomic E-state index is 8.93.